The highest BCUT2D eigenvalue weighted by Crippen LogP contribution is 2.24. The molecule has 0 aliphatic carbocycles. The predicted molar refractivity (Wildman–Crippen MR) is 120 cm³/mol. The highest BCUT2D eigenvalue weighted by atomic mass is 35.5. The van der Waals surface area contributed by atoms with Crippen molar-refractivity contribution in [2.45, 2.75) is 13.5 Å². The van der Waals surface area contributed by atoms with Crippen LogP contribution in [0.25, 0.3) is 0 Å². The molecule has 1 amide bonds. The third-order valence-corrected chi connectivity index (χ3v) is 6.41. The second-order valence-corrected chi connectivity index (χ2v) is 8.84. The van der Waals surface area contributed by atoms with Gasteiger partial charge in [0.05, 0.1) is 10.7 Å². The van der Waals surface area contributed by atoms with Crippen LogP contribution in [0.5, 0.6) is 5.75 Å². The third-order valence-electron chi connectivity index (χ3n) is 4.81. The Morgan fingerprint density at radius 3 is 2.43 bits per heavy atom. The van der Waals surface area contributed by atoms with E-state index in [9.17, 15) is 4.79 Å². The number of aryl methyl sites for hydroxylation is 1. The molecule has 0 radical (unpaired) electrons. The maximum absolute atomic E-state index is 13.0. The molecular weight excluding hydrogens is 443 g/mol. The van der Waals surface area contributed by atoms with Gasteiger partial charge in [-0.15, -0.1) is 11.3 Å². The van der Waals surface area contributed by atoms with E-state index in [2.05, 4.69) is 14.9 Å². The van der Waals surface area contributed by atoms with Crippen LogP contribution < -0.4 is 9.64 Å². The number of amides is 1. The first-order valence-electron chi connectivity index (χ1n) is 9.50. The number of pyridine rings is 1. The fraction of sp³-hybridized carbons (Fsp3) is 0.286. The topological polar surface area (TPSA) is 58.6 Å². The molecule has 0 bridgehead atoms. The van der Waals surface area contributed by atoms with E-state index in [0.717, 1.165) is 29.6 Å². The molecule has 30 heavy (non-hydrogen) atoms. The third kappa shape index (κ3) is 4.86. The minimum atomic E-state index is 0.0199. The van der Waals surface area contributed by atoms with Gasteiger partial charge in [-0.2, -0.15) is 0 Å². The summed E-state index contributed by atoms with van der Waals surface area (Å²) in [4.78, 5) is 26.6. The van der Waals surface area contributed by atoms with Crippen molar-refractivity contribution in [1.29, 1.82) is 0 Å². The van der Waals surface area contributed by atoms with E-state index in [1.54, 1.807) is 18.3 Å². The van der Waals surface area contributed by atoms with Gasteiger partial charge in [0.15, 0.2) is 0 Å². The van der Waals surface area contributed by atoms with Gasteiger partial charge in [-0.25, -0.2) is 9.97 Å². The summed E-state index contributed by atoms with van der Waals surface area (Å²) in [5.41, 5.74) is 0.738. The van der Waals surface area contributed by atoms with Crippen LogP contribution in [0.4, 0.5) is 5.82 Å². The van der Waals surface area contributed by atoms with E-state index in [1.165, 1.54) is 11.3 Å². The summed E-state index contributed by atoms with van der Waals surface area (Å²) in [6.07, 6.45) is 1.64. The molecule has 156 valence electrons. The summed E-state index contributed by atoms with van der Waals surface area (Å²) in [6.45, 7) is 4.91. The van der Waals surface area contributed by atoms with Gasteiger partial charge in [-0.05, 0) is 43.3 Å². The summed E-state index contributed by atoms with van der Waals surface area (Å²) >= 11 is 13.2. The molecule has 1 aliphatic heterocycles. The molecule has 3 aromatic rings. The summed E-state index contributed by atoms with van der Waals surface area (Å²) in [5, 5.41) is 2.05. The Morgan fingerprint density at radius 2 is 1.77 bits per heavy atom. The molecule has 1 fully saturated rings. The number of aromatic nitrogens is 2. The number of halogens is 2. The zero-order valence-electron chi connectivity index (χ0n) is 16.3. The highest BCUT2D eigenvalue weighted by molar-refractivity contribution is 7.13. The lowest BCUT2D eigenvalue weighted by atomic mass is 10.2. The van der Waals surface area contributed by atoms with Gasteiger partial charge in [-0.1, -0.05) is 23.2 Å². The van der Waals surface area contributed by atoms with Gasteiger partial charge in [-0.3, -0.25) is 4.79 Å². The van der Waals surface area contributed by atoms with Crippen molar-refractivity contribution in [2.75, 3.05) is 31.1 Å². The number of thiazole rings is 1. The lowest BCUT2D eigenvalue weighted by Crippen LogP contribution is -2.49. The largest absolute Gasteiger partial charge is 0.486 e. The van der Waals surface area contributed by atoms with Crippen molar-refractivity contribution < 1.29 is 9.53 Å². The summed E-state index contributed by atoms with van der Waals surface area (Å²) in [7, 11) is 0. The molecule has 1 aliphatic rings. The first-order valence-corrected chi connectivity index (χ1v) is 11.1. The second-order valence-electron chi connectivity index (χ2n) is 6.88. The fourth-order valence-corrected chi connectivity index (χ4v) is 4.41. The van der Waals surface area contributed by atoms with E-state index < -0.39 is 0 Å². The Bertz CT molecular complexity index is 1020. The molecule has 1 aromatic carbocycles. The minimum absolute atomic E-state index is 0.0199. The lowest BCUT2D eigenvalue weighted by Gasteiger charge is -2.35. The van der Waals surface area contributed by atoms with Gasteiger partial charge >= 0.3 is 0 Å². The molecule has 4 rings (SSSR count). The number of carbonyl (C=O) groups excluding carboxylic acids is 1. The van der Waals surface area contributed by atoms with Crippen molar-refractivity contribution in [3.63, 3.8) is 0 Å². The molecule has 0 N–H and O–H groups in total. The number of nitrogens with zero attached hydrogens (tertiary/aromatic N) is 4. The van der Waals surface area contributed by atoms with E-state index in [-0.39, 0.29) is 5.91 Å². The van der Waals surface area contributed by atoms with E-state index in [1.807, 2.05) is 36.1 Å². The maximum atomic E-state index is 13.0. The van der Waals surface area contributed by atoms with E-state index >= 15 is 0 Å². The van der Waals surface area contributed by atoms with Crippen molar-refractivity contribution >= 4 is 46.3 Å². The van der Waals surface area contributed by atoms with Crippen LogP contribution >= 0.6 is 34.5 Å². The molecule has 2 aromatic heterocycles. The summed E-state index contributed by atoms with van der Waals surface area (Å²) < 4.78 is 5.75. The van der Waals surface area contributed by atoms with Crippen LogP contribution in [-0.4, -0.2) is 47.0 Å². The number of piperazine rings is 1. The Labute approximate surface area is 189 Å². The van der Waals surface area contributed by atoms with Crippen molar-refractivity contribution in [2.24, 2.45) is 0 Å². The Hall–Kier alpha value is -2.35. The average Bonchev–Trinajstić information content (AvgIpc) is 3.14. The number of hydrogen-bond donors (Lipinski definition) is 0. The number of hydrogen-bond acceptors (Lipinski definition) is 6. The van der Waals surface area contributed by atoms with Gasteiger partial charge in [0.2, 0.25) is 0 Å². The molecule has 0 atom stereocenters. The van der Waals surface area contributed by atoms with Gasteiger partial charge in [0.1, 0.15) is 28.1 Å². The first-order chi connectivity index (χ1) is 14.5. The predicted octanol–water partition coefficient (Wildman–Crippen LogP) is 4.69. The van der Waals surface area contributed by atoms with Crippen LogP contribution in [-0.2, 0) is 6.61 Å². The molecule has 6 nitrogen and oxygen atoms in total. The van der Waals surface area contributed by atoms with Crippen molar-refractivity contribution in [1.82, 2.24) is 14.9 Å². The van der Waals surface area contributed by atoms with Crippen molar-refractivity contribution in [3.05, 3.63) is 68.2 Å². The molecule has 3 heterocycles. The highest BCUT2D eigenvalue weighted by Gasteiger charge is 2.26. The zero-order valence-corrected chi connectivity index (χ0v) is 18.7. The summed E-state index contributed by atoms with van der Waals surface area (Å²) in [5.74, 6) is 1.61. The van der Waals surface area contributed by atoms with Crippen molar-refractivity contribution in [3.8, 4) is 5.75 Å². The van der Waals surface area contributed by atoms with E-state index in [4.69, 9.17) is 27.9 Å². The van der Waals surface area contributed by atoms with Gasteiger partial charge in [0.25, 0.3) is 5.91 Å². The van der Waals surface area contributed by atoms with Gasteiger partial charge in [0, 0.05) is 37.4 Å². The molecule has 9 heteroatoms. The lowest BCUT2D eigenvalue weighted by molar-refractivity contribution is 0.0750. The quantitative estimate of drug-likeness (QED) is 0.549. The van der Waals surface area contributed by atoms with Crippen LogP contribution in [0, 0.1) is 6.92 Å². The number of benzene rings is 1. The SMILES string of the molecule is Cc1nc(COc2ccc(Cl)cc2)sc1C(=O)N1CCN(c2ccc(Cl)cn2)CC1. The molecular formula is C21H20Cl2N4O2S. The average molecular weight is 463 g/mol. The number of anilines is 1. The van der Waals surface area contributed by atoms with Crippen LogP contribution in [0.15, 0.2) is 42.6 Å². The molecule has 1 saturated heterocycles. The molecule has 0 saturated carbocycles. The Balaban J connectivity index is 1.35. The smallest absolute Gasteiger partial charge is 0.265 e. The fourth-order valence-electron chi connectivity index (χ4n) is 3.23. The molecule has 0 unspecified atom stereocenters. The number of rotatable bonds is 5. The maximum Gasteiger partial charge on any atom is 0.265 e. The Kier molecular flexibility index (Phi) is 6.41. The monoisotopic (exact) mass is 462 g/mol. The minimum Gasteiger partial charge on any atom is -0.486 e. The van der Waals surface area contributed by atoms with Crippen LogP contribution in [0.1, 0.15) is 20.4 Å². The van der Waals surface area contributed by atoms with Gasteiger partial charge < -0.3 is 14.5 Å². The normalized spacial score (nSPS) is 14.1. The molecule has 0 spiro atoms. The number of ether oxygens (including phenoxy) is 1. The second kappa shape index (κ2) is 9.20. The standard InChI is InChI=1S/C21H20Cl2N4O2S/c1-14-20(30-19(25-14)13-29-17-5-2-15(22)3-6-17)21(28)27-10-8-26(9-11-27)18-7-4-16(23)12-24-18/h2-7,12H,8-11,13H2,1H3. The van der Waals surface area contributed by atoms with E-state index in [0.29, 0.717) is 40.4 Å². The Morgan fingerprint density at radius 1 is 1.07 bits per heavy atom. The van der Waals surface area contributed by atoms with Crippen LogP contribution in [0.3, 0.4) is 0 Å². The first kappa shape index (κ1) is 20.9. The van der Waals surface area contributed by atoms with Crippen LogP contribution in [0.2, 0.25) is 10.0 Å². The number of carbonyl (C=O) groups is 1. The zero-order chi connectivity index (χ0) is 21.1. The summed E-state index contributed by atoms with van der Waals surface area (Å²) in [6, 6.07) is 10.9.